The smallest absolute Gasteiger partial charge is 0.223 e. The molecule has 0 bridgehead atoms. The molecule has 0 saturated carbocycles. The third-order valence-electron chi connectivity index (χ3n) is 7.12. The SMILES string of the molecule is Cc1ccccc1-n1nnnc1[C@@H](c1ccccc1)N(C)C(=O)CC[C@@]1(Cc2ccco2)CCC(=O)N1. The third kappa shape index (κ3) is 5.16. The van der Waals surface area contributed by atoms with Crippen LogP contribution < -0.4 is 5.32 Å². The van der Waals surface area contributed by atoms with Gasteiger partial charge >= 0.3 is 0 Å². The molecule has 1 N–H and O–H groups in total. The highest BCUT2D eigenvalue weighted by atomic mass is 16.3. The fourth-order valence-electron chi connectivity index (χ4n) is 5.11. The van der Waals surface area contributed by atoms with E-state index in [1.54, 1.807) is 22.9 Å². The number of hydrogen-bond acceptors (Lipinski definition) is 6. The molecule has 2 amide bonds. The first-order chi connectivity index (χ1) is 18.0. The van der Waals surface area contributed by atoms with Crippen molar-refractivity contribution >= 4 is 11.8 Å². The first-order valence-electron chi connectivity index (χ1n) is 12.4. The monoisotopic (exact) mass is 498 g/mol. The van der Waals surface area contributed by atoms with Crippen molar-refractivity contribution in [2.75, 3.05) is 7.05 Å². The van der Waals surface area contributed by atoms with Gasteiger partial charge in [0.25, 0.3) is 0 Å². The van der Waals surface area contributed by atoms with Crippen LogP contribution in [0.15, 0.2) is 77.4 Å². The Morgan fingerprint density at radius 3 is 2.62 bits per heavy atom. The molecular formula is C28H30N6O3. The van der Waals surface area contributed by atoms with Gasteiger partial charge in [-0.1, -0.05) is 48.5 Å². The summed E-state index contributed by atoms with van der Waals surface area (Å²) in [6.45, 7) is 2.00. The molecule has 0 unspecified atom stereocenters. The van der Waals surface area contributed by atoms with Gasteiger partial charge in [0.2, 0.25) is 11.8 Å². The molecular weight excluding hydrogens is 468 g/mol. The molecule has 2 aromatic heterocycles. The van der Waals surface area contributed by atoms with E-state index in [4.69, 9.17) is 4.42 Å². The molecule has 0 aliphatic carbocycles. The van der Waals surface area contributed by atoms with Gasteiger partial charge in [-0.2, -0.15) is 4.68 Å². The van der Waals surface area contributed by atoms with Crippen LogP contribution in [0.4, 0.5) is 0 Å². The Bertz CT molecular complexity index is 1370. The van der Waals surface area contributed by atoms with Crippen LogP contribution in [0.1, 0.15) is 54.4 Å². The molecule has 9 nitrogen and oxygen atoms in total. The Kier molecular flexibility index (Phi) is 6.85. The fraction of sp³-hybridized carbons (Fsp3) is 0.321. The van der Waals surface area contributed by atoms with Crippen molar-refractivity contribution < 1.29 is 14.0 Å². The maximum Gasteiger partial charge on any atom is 0.223 e. The molecule has 1 saturated heterocycles. The number of rotatable bonds is 9. The lowest BCUT2D eigenvalue weighted by Crippen LogP contribution is -2.45. The van der Waals surface area contributed by atoms with Crippen molar-refractivity contribution in [3.8, 4) is 5.69 Å². The highest BCUT2D eigenvalue weighted by Crippen LogP contribution is 2.32. The van der Waals surface area contributed by atoms with E-state index < -0.39 is 11.6 Å². The number of para-hydroxylation sites is 1. The van der Waals surface area contributed by atoms with Crippen molar-refractivity contribution in [1.29, 1.82) is 0 Å². The molecule has 0 spiro atoms. The average molecular weight is 499 g/mol. The van der Waals surface area contributed by atoms with Gasteiger partial charge in [-0.25, -0.2) is 0 Å². The molecule has 9 heteroatoms. The number of benzene rings is 2. The van der Waals surface area contributed by atoms with E-state index in [1.165, 1.54) is 0 Å². The normalized spacial score (nSPS) is 17.9. The van der Waals surface area contributed by atoms with Crippen LogP contribution in [0.5, 0.6) is 0 Å². The molecule has 0 radical (unpaired) electrons. The maximum atomic E-state index is 13.7. The van der Waals surface area contributed by atoms with Gasteiger partial charge in [-0.3, -0.25) is 9.59 Å². The number of hydrogen-bond donors (Lipinski definition) is 1. The molecule has 1 fully saturated rings. The zero-order valence-corrected chi connectivity index (χ0v) is 21.0. The Morgan fingerprint density at radius 2 is 1.92 bits per heavy atom. The van der Waals surface area contributed by atoms with Gasteiger partial charge in [0.15, 0.2) is 5.82 Å². The van der Waals surface area contributed by atoms with Crippen LogP contribution in [0, 0.1) is 6.92 Å². The van der Waals surface area contributed by atoms with Crippen molar-refractivity contribution in [2.45, 2.75) is 50.6 Å². The number of tetrazole rings is 1. The van der Waals surface area contributed by atoms with E-state index >= 15 is 0 Å². The molecule has 3 heterocycles. The predicted molar refractivity (Wildman–Crippen MR) is 137 cm³/mol. The van der Waals surface area contributed by atoms with Crippen LogP contribution in [0.25, 0.3) is 5.69 Å². The summed E-state index contributed by atoms with van der Waals surface area (Å²) in [7, 11) is 1.78. The predicted octanol–water partition coefficient (Wildman–Crippen LogP) is 3.78. The minimum absolute atomic E-state index is 0.00642. The second kappa shape index (κ2) is 10.4. The second-order valence-electron chi connectivity index (χ2n) is 9.64. The van der Waals surface area contributed by atoms with Crippen LogP contribution >= 0.6 is 0 Å². The Morgan fingerprint density at radius 1 is 1.14 bits per heavy atom. The summed E-state index contributed by atoms with van der Waals surface area (Å²) in [6, 6.07) is 20.9. The number of aromatic nitrogens is 4. The van der Waals surface area contributed by atoms with Gasteiger partial charge in [-0.05, 0) is 59.5 Å². The molecule has 2 atom stereocenters. The highest BCUT2D eigenvalue weighted by molar-refractivity contribution is 5.80. The molecule has 190 valence electrons. The average Bonchev–Trinajstić information content (AvgIpc) is 3.67. The van der Waals surface area contributed by atoms with E-state index in [0.717, 1.165) is 22.6 Å². The summed E-state index contributed by atoms with van der Waals surface area (Å²) in [5.41, 5.74) is 2.28. The highest BCUT2D eigenvalue weighted by Gasteiger charge is 2.39. The third-order valence-corrected chi connectivity index (χ3v) is 7.12. The van der Waals surface area contributed by atoms with Crippen molar-refractivity contribution in [2.24, 2.45) is 0 Å². The lowest BCUT2D eigenvalue weighted by Gasteiger charge is -2.31. The maximum absolute atomic E-state index is 13.7. The number of carbonyl (C=O) groups excluding carboxylic acids is 2. The topological polar surface area (TPSA) is 106 Å². The quantitative estimate of drug-likeness (QED) is 0.376. The minimum atomic E-state index is -0.504. The number of furan rings is 1. The van der Waals surface area contributed by atoms with E-state index in [2.05, 4.69) is 20.8 Å². The van der Waals surface area contributed by atoms with Gasteiger partial charge in [0.05, 0.1) is 12.0 Å². The molecule has 1 aliphatic rings. The largest absolute Gasteiger partial charge is 0.469 e. The molecule has 1 aliphatic heterocycles. The Balaban J connectivity index is 1.42. The van der Waals surface area contributed by atoms with E-state index in [9.17, 15) is 9.59 Å². The van der Waals surface area contributed by atoms with E-state index in [-0.39, 0.29) is 18.2 Å². The fourth-order valence-corrected chi connectivity index (χ4v) is 5.11. The minimum Gasteiger partial charge on any atom is -0.469 e. The second-order valence-corrected chi connectivity index (χ2v) is 9.64. The number of nitrogens with one attached hydrogen (secondary N) is 1. The van der Waals surface area contributed by atoms with Crippen molar-refractivity contribution in [3.63, 3.8) is 0 Å². The van der Waals surface area contributed by atoms with Crippen LogP contribution in [-0.4, -0.2) is 49.5 Å². The Hall–Kier alpha value is -4.27. The zero-order valence-electron chi connectivity index (χ0n) is 21.0. The summed E-state index contributed by atoms with van der Waals surface area (Å²) >= 11 is 0. The standard InChI is InChI=1S/C28H30N6O3/c1-20-9-6-7-13-23(20)34-27(30-31-32-34)26(21-10-4-3-5-11-21)33(2)25(36)15-17-28(16-14-24(35)29-28)19-22-12-8-18-37-22/h3-13,18,26H,14-17,19H2,1-2H3,(H,29,35)/t26-,28-/m1/s1. The van der Waals surface area contributed by atoms with Crippen molar-refractivity contribution in [1.82, 2.24) is 30.4 Å². The lowest BCUT2D eigenvalue weighted by atomic mass is 9.86. The lowest BCUT2D eigenvalue weighted by molar-refractivity contribution is -0.132. The van der Waals surface area contributed by atoms with E-state index in [1.807, 2.05) is 73.7 Å². The summed E-state index contributed by atoms with van der Waals surface area (Å²) in [5, 5.41) is 15.7. The van der Waals surface area contributed by atoms with Crippen LogP contribution in [0.3, 0.4) is 0 Å². The van der Waals surface area contributed by atoms with Crippen molar-refractivity contribution in [3.05, 3.63) is 95.7 Å². The van der Waals surface area contributed by atoms with Gasteiger partial charge < -0.3 is 14.6 Å². The summed E-state index contributed by atoms with van der Waals surface area (Å²) in [4.78, 5) is 27.5. The number of aryl methyl sites for hydroxylation is 1. The summed E-state index contributed by atoms with van der Waals surface area (Å²) in [5.74, 6) is 1.29. The van der Waals surface area contributed by atoms with Gasteiger partial charge in [-0.15, -0.1) is 5.10 Å². The number of amides is 2. The molecule has 37 heavy (non-hydrogen) atoms. The van der Waals surface area contributed by atoms with Crippen LogP contribution in [-0.2, 0) is 16.0 Å². The summed E-state index contributed by atoms with van der Waals surface area (Å²) < 4.78 is 7.25. The molecule has 5 rings (SSSR count). The first kappa shape index (κ1) is 24.4. The molecule has 4 aromatic rings. The number of nitrogens with zero attached hydrogens (tertiary/aromatic N) is 5. The number of carbonyl (C=O) groups is 2. The zero-order chi connectivity index (χ0) is 25.8. The first-order valence-corrected chi connectivity index (χ1v) is 12.4. The van der Waals surface area contributed by atoms with E-state index in [0.29, 0.717) is 31.5 Å². The van der Waals surface area contributed by atoms with Gasteiger partial charge in [0, 0.05) is 31.8 Å². The molecule has 2 aromatic carbocycles. The Labute approximate surface area is 215 Å². The van der Waals surface area contributed by atoms with Crippen LogP contribution in [0.2, 0.25) is 0 Å². The summed E-state index contributed by atoms with van der Waals surface area (Å²) in [6.07, 6.45) is 4.05. The van der Waals surface area contributed by atoms with Gasteiger partial charge in [0.1, 0.15) is 11.8 Å².